The Morgan fingerprint density at radius 1 is 1.35 bits per heavy atom. The number of rotatable bonds is 5. The minimum absolute atomic E-state index is 0. The third kappa shape index (κ3) is 4.67. The molecule has 0 aliphatic carbocycles. The molecule has 4 atom stereocenters. The molecule has 132 valence electrons. The molecular formula is C15H27ClN4O2S. The third-order valence-corrected chi connectivity index (χ3v) is 6.30. The largest absolute Gasteiger partial charge is 0.340 e. The highest BCUT2D eigenvalue weighted by molar-refractivity contribution is 8.00. The van der Waals surface area contributed by atoms with Crippen LogP contribution in [-0.4, -0.2) is 65.6 Å². The van der Waals surface area contributed by atoms with Crippen LogP contribution in [0.15, 0.2) is 0 Å². The zero-order valence-electron chi connectivity index (χ0n) is 13.5. The van der Waals surface area contributed by atoms with E-state index in [9.17, 15) is 9.59 Å². The standard InChI is InChI=1S/C15H26N4O2S.ClH/c1-10-8-19(7-6-16-10)13(20)5-3-2-4-12-14-11(9-22-12)17-15(21)18-14;/h10-12,14,16H,2-9H2,1H3,(H2,17,18,21);1H/t10?,11-,12-,14-;/m0./s1. The first-order valence-electron chi connectivity index (χ1n) is 8.33. The maximum absolute atomic E-state index is 12.2. The molecule has 0 bridgehead atoms. The topological polar surface area (TPSA) is 73.5 Å². The quantitative estimate of drug-likeness (QED) is 0.503. The second-order valence-electron chi connectivity index (χ2n) is 6.56. The van der Waals surface area contributed by atoms with E-state index in [1.54, 1.807) is 0 Å². The Labute approximate surface area is 148 Å². The van der Waals surface area contributed by atoms with Crippen molar-refractivity contribution in [3.05, 3.63) is 0 Å². The molecule has 3 rings (SSSR count). The number of amides is 3. The fraction of sp³-hybridized carbons (Fsp3) is 0.867. The number of hydrogen-bond donors (Lipinski definition) is 3. The van der Waals surface area contributed by atoms with Crippen LogP contribution in [0.5, 0.6) is 0 Å². The van der Waals surface area contributed by atoms with Gasteiger partial charge in [-0.1, -0.05) is 6.42 Å². The number of nitrogens with one attached hydrogen (secondary N) is 3. The van der Waals surface area contributed by atoms with E-state index in [2.05, 4.69) is 22.9 Å². The van der Waals surface area contributed by atoms with Gasteiger partial charge in [0.15, 0.2) is 0 Å². The van der Waals surface area contributed by atoms with E-state index >= 15 is 0 Å². The van der Waals surface area contributed by atoms with Gasteiger partial charge in [-0.25, -0.2) is 4.79 Å². The SMILES string of the molecule is CC1CN(C(=O)CCCC[C@@H]2SC[C@@H]3NC(=O)N[C@@H]32)CCN1.Cl. The van der Waals surface area contributed by atoms with Gasteiger partial charge < -0.3 is 20.9 Å². The summed E-state index contributed by atoms with van der Waals surface area (Å²) in [5.74, 6) is 1.30. The monoisotopic (exact) mass is 362 g/mol. The van der Waals surface area contributed by atoms with Gasteiger partial charge in [0.05, 0.1) is 12.1 Å². The summed E-state index contributed by atoms with van der Waals surface area (Å²) in [6, 6.07) is 0.958. The second kappa shape index (κ2) is 8.44. The molecule has 3 aliphatic heterocycles. The number of thioether (sulfide) groups is 1. The zero-order valence-corrected chi connectivity index (χ0v) is 15.2. The summed E-state index contributed by atoms with van der Waals surface area (Å²) in [6.45, 7) is 4.69. The van der Waals surface area contributed by atoms with Crippen molar-refractivity contribution < 1.29 is 9.59 Å². The number of nitrogens with zero attached hydrogens (tertiary/aromatic N) is 1. The Balaban J connectivity index is 0.00000192. The molecule has 23 heavy (non-hydrogen) atoms. The lowest BCUT2D eigenvalue weighted by Crippen LogP contribution is -2.51. The normalized spacial score (nSPS) is 32.7. The van der Waals surface area contributed by atoms with Gasteiger partial charge in [-0.3, -0.25) is 4.79 Å². The molecule has 0 aromatic heterocycles. The fourth-order valence-electron chi connectivity index (χ4n) is 3.58. The van der Waals surface area contributed by atoms with E-state index in [0.29, 0.717) is 29.7 Å². The summed E-state index contributed by atoms with van der Waals surface area (Å²) < 4.78 is 0. The number of unbranched alkanes of at least 4 members (excludes halogenated alkanes) is 1. The molecule has 3 amide bonds. The number of piperazine rings is 1. The molecule has 8 heteroatoms. The van der Waals surface area contributed by atoms with Gasteiger partial charge in [0.2, 0.25) is 5.91 Å². The Morgan fingerprint density at radius 2 is 2.17 bits per heavy atom. The number of halogens is 1. The van der Waals surface area contributed by atoms with Crippen LogP contribution in [0, 0.1) is 0 Å². The number of carbonyl (C=O) groups is 2. The lowest BCUT2D eigenvalue weighted by atomic mass is 10.0. The third-order valence-electron chi connectivity index (χ3n) is 4.79. The summed E-state index contributed by atoms with van der Waals surface area (Å²) in [7, 11) is 0. The van der Waals surface area contributed by atoms with Crippen LogP contribution in [0.2, 0.25) is 0 Å². The average molecular weight is 363 g/mol. The first-order chi connectivity index (χ1) is 10.6. The number of urea groups is 1. The van der Waals surface area contributed by atoms with E-state index < -0.39 is 0 Å². The van der Waals surface area contributed by atoms with Crippen LogP contribution in [0.25, 0.3) is 0 Å². The van der Waals surface area contributed by atoms with Crippen LogP contribution < -0.4 is 16.0 Å². The molecule has 0 aromatic rings. The molecule has 3 fully saturated rings. The highest BCUT2D eigenvalue weighted by atomic mass is 35.5. The first kappa shape index (κ1) is 18.7. The van der Waals surface area contributed by atoms with Crippen LogP contribution in [0.3, 0.4) is 0 Å². The molecule has 3 saturated heterocycles. The molecule has 0 saturated carbocycles. The van der Waals surface area contributed by atoms with Crippen LogP contribution in [0.1, 0.15) is 32.6 Å². The van der Waals surface area contributed by atoms with Gasteiger partial charge in [-0.05, 0) is 19.8 Å². The fourth-order valence-corrected chi connectivity index (χ4v) is 5.13. The second-order valence-corrected chi connectivity index (χ2v) is 7.83. The van der Waals surface area contributed by atoms with Crippen molar-refractivity contribution in [3.8, 4) is 0 Å². The van der Waals surface area contributed by atoms with Gasteiger partial charge in [-0.15, -0.1) is 12.4 Å². The summed E-state index contributed by atoms with van der Waals surface area (Å²) >= 11 is 1.94. The summed E-state index contributed by atoms with van der Waals surface area (Å²) in [5.41, 5.74) is 0. The van der Waals surface area contributed by atoms with Crippen molar-refractivity contribution in [2.45, 2.75) is 56.0 Å². The van der Waals surface area contributed by atoms with Gasteiger partial charge in [0.1, 0.15) is 0 Å². The average Bonchev–Trinajstić information content (AvgIpc) is 3.03. The summed E-state index contributed by atoms with van der Waals surface area (Å²) in [6.07, 6.45) is 3.75. The lowest BCUT2D eigenvalue weighted by molar-refractivity contribution is -0.132. The summed E-state index contributed by atoms with van der Waals surface area (Å²) in [5, 5.41) is 9.84. The van der Waals surface area contributed by atoms with Crippen LogP contribution in [-0.2, 0) is 4.79 Å². The minimum Gasteiger partial charge on any atom is -0.340 e. The van der Waals surface area contributed by atoms with Gasteiger partial charge in [-0.2, -0.15) is 11.8 Å². The molecule has 3 heterocycles. The van der Waals surface area contributed by atoms with Crippen molar-refractivity contribution in [2.24, 2.45) is 0 Å². The van der Waals surface area contributed by atoms with Crippen molar-refractivity contribution in [2.75, 3.05) is 25.4 Å². The van der Waals surface area contributed by atoms with Crippen LogP contribution >= 0.6 is 24.2 Å². The minimum atomic E-state index is -0.0247. The van der Waals surface area contributed by atoms with Crippen molar-refractivity contribution in [1.82, 2.24) is 20.9 Å². The Morgan fingerprint density at radius 3 is 2.96 bits per heavy atom. The number of carbonyl (C=O) groups excluding carboxylic acids is 2. The lowest BCUT2D eigenvalue weighted by Gasteiger charge is -2.32. The first-order valence-corrected chi connectivity index (χ1v) is 9.38. The van der Waals surface area contributed by atoms with E-state index in [0.717, 1.165) is 44.6 Å². The van der Waals surface area contributed by atoms with Gasteiger partial charge in [0, 0.05) is 43.1 Å². The molecule has 3 aliphatic rings. The van der Waals surface area contributed by atoms with E-state index in [4.69, 9.17) is 0 Å². The summed E-state index contributed by atoms with van der Waals surface area (Å²) in [4.78, 5) is 25.5. The van der Waals surface area contributed by atoms with Crippen molar-refractivity contribution in [3.63, 3.8) is 0 Å². The van der Waals surface area contributed by atoms with E-state index in [1.165, 1.54) is 0 Å². The Kier molecular flexibility index (Phi) is 6.85. The Hall–Kier alpha value is -0.660. The van der Waals surface area contributed by atoms with Gasteiger partial charge in [0.25, 0.3) is 0 Å². The van der Waals surface area contributed by atoms with Crippen LogP contribution in [0.4, 0.5) is 4.79 Å². The van der Waals surface area contributed by atoms with Crippen molar-refractivity contribution >= 4 is 36.1 Å². The van der Waals surface area contributed by atoms with E-state index in [-0.39, 0.29) is 24.5 Å². The molecular weight excluding hydrogens is 336 g/mol. The molecule has 1 unspecified atom stereocenters. The highest BCUT2D eigenvalue weighted by Crippen LogP contribution is 2.33. The number of fused-ring (bicyclic) bond motifs is 1. The predicted octanol–water partition coefficient (Wildman–Crippen LogP) is 0.954. The number of hydrogen-bond acceptors (Lipinski definition) is 4. The smallest absolute Gasteiger partial charge is 0.315 e. The maximum atomic E-state index is 12.2. The molecule has 0 radical (unpaired) electrons. The molecule has 6 nitrogen and oxygen atoms in total. The van der Waals surface area contributed by atoms with Gasteiger partial charge >= 0.3 is 6.03 Å². The predicted molar refractivity (Wildman–Crippen MR) is 95.3 cm³/mol. The van der Waals surface area contributed by atoms with E-state index in [1.807, 2.05) is 16.7 Å². The highest BCUT2D eigenvalue weighted by Gasteiger charge is 2.42. The molecule has 0 spiro atoms. The Bertz CT molecular complexity index is 440. The molecule has 3 N–H and O–H groups in total. The molecule has 0 aromatic carbocycles. The zero-order chi connectivity index (χ0) is 15.5. The van der Waals surface area contributed by atoms with Crippen molar-refractivity contribution in [1.29, 1.82) is 0 Å². The maximum Gasteiger partial charge on any atom is 0.315 e.